The van der Waals surface area contributed by atoms with Crippen LogP contribution in [-0.2, 0) is 27.2 Å². The average Bonchev–Trinajstić information content (AvgIpc) is 3.12. The second-order valence-electron chi connectivity index (χ2n) is 9.22. The maximum Gasteiger partial charge on any atom is 0.341 e. The van der Waals surface area contributed by atoms with E-state index < -0.39 is 12.0 Å². The largest absolute Gasteiger partial charge is 0.462 e. The second-order valence-corrected chi connectivity index (χ2v) is 10.3. The molecule has 8 heteroatoms. The molecule has 0 fully saturated rings. The number of aryl methyl sites for hydroxylation is 2. The number of carbonyl (C=O) groups is 3. The van der Waals surface area contributed by atoms with Crippen molar-refractivity contribution >= 4 is 39.8 Å². The maximum absolute atomic E-state index is 13.1. The van der Waals surface area contributed by atoms with Crippen LogP contribution in [0.15, 0.2) is 18.2 Å². The number of rotatable bonds is 8. The molecule has 1 aromatic carbocycles. The minimum atomic E-state index is -0.572. The van der Waals surface area contributed by atoms with Gasteiger partial charge in [-0.15, -0.1) is 11.3 Å². The molecule has 3 rings (SSSR count). The standard InChI is InChI=1S/C26H35N3O4S/c1-7-33-26(32)23-19-11-9-16(3)13-21(19)34-25(23)28-24(31)18(5)29(6)14-22(30)27-20-12-15(2)8-10-17(20)4/h8,10,12,16,18H,7,9,11,13-14H2,1-6H3,(H,27,30)(H,28,31)/t16-,18+/m1/s1. The second kappa shape index (κ2) is 11.1. The SMILES string of the molecule is CCOC(=O)c1c(NC(=O)[C@H](C)N(C)CC(=O)Nc2cc(C)ccc2C)sc2c1CC[C@@H](C)C2. The van der Waals surface area contributed by atoms with Crippen LogP contribution in [0.1, 0.15) is 59.1 Å². The number of hydrogen-bond acceptors (Lipinski definition) is 6. The smallest absolute Gasteiger partial charge is 0.341 e. The lowest BCUT2D eigenvalue weighted by molar-refractivity contribution is -0.122. The van der Waals surface area contributed by atoms with Gasteiger partial charge in [0.15, 0.2) is 0 Å². The van der Waals surface area contributed by atoms with Crippen molar-refractivity contribution in [2.75, 3.05) is 30.8 Å². The van der Waals surface area contributed by atoms with Gasteiger partial charge in [0, 0.05) is 10.6 Å². The lowest BCUT2D eigenvalue weighted by atomic mass is 9.88. The number of ether oxygens (including phenoxy) is 1. The molecule has 0 aliphatic heterocycles. The number of amides is 2. The van der Waals surface area contributed by atoms with Gasteiger partial charge in [0.25, 0.3) is 0 Å². The first kappa shape index (κ1) is 25.9. The zero-order valence-corrected chi connectivity index (χ0v) is 21.7. The summed E-state index contributed by atoms with van der Waals surface area (Å²) in [6.45, 7) is 9.98. The van der Waals surface area contributed by atoms with Crippen molar-refractivity contribution in [2.24, 2.45) is 5.92 Å². The molecule has 1 aromatic heterocycles. The Labute approximate surface area is 205 Å². The third kappa shape index (κ3) is 6.04. The van der Waals surface area contributed by atoms with Crippen LogP contribution in [0.25, 0.3) is 0 Å². The van der Waals surface area contributed by atoms with E-state index in [1.807, 2.05) is 32.0 Å². The summed E-state index contributed by atoms with van der Waals surface area (Å²) in [4.78, 5) is 41.2. The molecule has 2 N–H and O–H groups in total. The number of carbonyl (C=O) groups excluding carboxylic acids is 3. The zero-order valence-electron chi connectivity index (χ0n) is 20.9. The van der Waals surface area contributed by atoms with Crippen LogP contribution in [-0.4, -0.2) is 48.9 Å². The quantitative estimate of drug-likeness (QED) is 0.535. The Balaban J connectivity index is 1.69. The first-order valence-electron chi connectivity index (χ1n) is 11.8. The van der Waals surface area contributed by atoms with E-state index in [4.69, 9.17) is 4.74 Å². The van der Waals surface area contributed by atoms with Gasteiger partial charge in [-0.1, -0.05) is 19.1 Å². The molecule has 1 aliphatic carbocycles. The summed E-state index contributed by atoms with van der Waals surface area (Å²) in [6.07, 6.45) is 2.72. The van der Waals surface area contributed by atoms with Gasteiger partial charge in [-0.3, -0.25) is 14.5 Å². The fourth-order valence-corrected chi connectivity index (χ4v) is 5.50. The van der Waals surface area contributed by atoms with Gasteiger partial charge in [-0.2, -0.15) is 0 Å². The fraction of sp³-hybridized carbons (Fsp3) is 0.500. The molecule has 0 saturated heterocycles. The number of nitrogens with one attached hydrogen (secondary N) is 2. The highest BCUT2D eigenvalue weighted by molar-refractivity contribution is 7.17. The summed E-state index contributed by atoms with van der Waals surface area (Å²) in [5.41, 5.74) is 4.31. The first-order valence-corrected chi connectivity index (χ1v) is 12.6. The van der Waals surface area contributed by atoms with E-state index in [1.165, 1.54) is 11.3 Å². The number of fused-ring (bicyclic) bond motifs is 1. The van der Waals surface area contributed by atoms with Gasteiger partial charge in [0.2, 0.25) is 11.8 Å². The lowest BCUT2D eigenvalue weighted by Crippen LogP contribution is -2.43. The molecule has 0 unspecified atom stereocenters. The predicted molar refractivity (Wildman–Crippen MR) is 137 cm³/mol. The van der Waals surface area contributed by atoms with Crippen LogP contribution in [0.3, 0.4) is 0 Å². The van der Waals surface area contributed by atoms with Gasteiger partial charge in [0.1, 0.15) is 5.00 Å². The Morgan fingerprint density at radius 1 is 1.24 bits per heavy atom. The van der Waals surface area contributed by atoms with E-state index in [1.54, 1.807) is 25.8 Å². The molecule has 1 heterocycles. The third-order valence-electron chi connectivity index (χ3n) is 6.33. The number of anilines is 2. The highest BCUT2D eigenvalue weighted by Crippen LogP contribution is 2.40. The number of nitrogens with zero attached hydrogens (tertiary/aromatic N) is 1. The first-order chi connectivity index (χ1) is 16.1. The summed E-state index contributed by atoms with van der Waals surface area (Å²) in [5, 5.41) is 6.42. The molecule has 0 saturated carbocycles. The highest BCUT2D eigenvalue weighted by Gasteiger charge is 2.30. The normalized spacial score (nSPS) is 16.0. The van der Waals surface area contributed by atoms with E-state index in [-0.39, 0.29) is 25.0 Å². The van der Waals surface area contributed by atoms with Crippen molar-refractivity contribution in [1.29, 1.82) is 0 Å². The predicted octanol–water partition coefficient (Wildman–Crippen LogP) is 4.56. The van der Waals surface area contributed by atoms with E-state index >= 15 is 0 Å². The summed E-state index contributed by atoms with van der Waals surface area (Å²) in [6, 6.07) is 5.32. The Bertz CT molecular complexity index is 1080. The van der Waals surface area contributed by atoms with Gasteiger partial charge in [-0.25, -0.2) is 4.79 Å². The molecule has 0 bridgehead atoms. The highest BCUT2D eigenvalue weighted by atomic mass is 32.1. The van der Waals surface area contributed by atoms with Crippen LogP contribution in [0.2, 0.25) is 0 Å². The van der Waals surface area contributed by atoms with Crippen molar-refractivity contribution in [3.05, 3.63) is 45.3 Å². The third-order valence-corrected chi connectivity index (χ3v) is 7.50. The fourth-order valence-electron chi connectivity index (χ4n) is 4.10. The van der Waals surface area contributed by atoms with Gasteiger partial charge >= 0.3 is 5.97 Å². The molecule has 34 heavy (non-hydrogen) atoms. The Kier molecular flexibility index (Phi) is 8.49. The summed E-state index contributed by atoms with van der Waals surface area (Å²) in [7, 11) is 1.74. The van der Waals surface area contributed by atoms with E-state index in [9.17, 15) is 14.4 Å². The number of thiophene rings is 1. The van der Waals surface area contributed by atoms with Crippen molar-refractivity contribution in [3.8, 4) is 0 Å². The molecule has 2 amide bonds. The van der Waals surface area contributed by atoms with Crippen molar-refractivity contribution < 1.29 is 19.1 Å². The van der Waals surface area contributed by atoms with Crippen molar-refractivity contribution in [2.45, 2.75) is 59.9 Å². The van der Waals surface area contributed by atoms with Crippen molar-refractivity contribution in [1.82, 2.24) is 4.90 Å². The van der Waals surface area contributed by atoms with Crippen LogP contribution in [0.4, 0.5) is 10.7 Å². The summed E-state index contributed by atoms with van der Waals surface area (Å²) in [5.74, 6) is -0.299. The molecule has 7 nitrogen and oxygen atoms in total. The number of likely N-dealkylation sites (N-methyl/N-ethyl adjacent to an activating group) is 1. The number of esters is 1. The van der Waals surface area contributed by atoms with Crippen LogP contribution < -0.4 is 10.6 Å². The van der Waals surface area contributed by atoms with Gasteiger partial charge in [-0.05, 0) is 82.7 Å². The van der Waals surface area contributed by atoms with E-state index in [2.05, 4.69) is 17.6 Å². The van der Waals surface area contributed by atoms with Crippen LogP contribution in [0.5, 0.6) is 0 Å². The van der Waals surface area contributed by atoms with Crippen molar-refractivity contribution in [3.63, 3.8) is 0 Å². The van der Waals surface area contributed by atoms with E-state index in [0.717, 1.165) is 46.5 Å². The van der Waals surface area contributed by atoms with E-state index in [0.29, 0.717) is 16.5 Å². The van der Waals surface area contributed by atoms with Gasteiger partial charge in [0.05, 0.1) is 24.8 Å². The van der Waals surface area contributed by atoms with Gasteiger partial charge < -0.3 is 15.4 Å². The molecular weight excluding hydrogens is 450 g/mol. The zero-order chi connectivity index (χ0) is 25.0. The summed E-state index contributed by atoms with van der Waals surface area (Å²) < 4.78 is 5.29. The topological polar surface area (TPSA) is 87.7 Å². The minimum absolute atomic E-state index is 0.0607. The molecule has 2 atom stereocenters. The Morgan fingerprint density at radius 3 is 2.68 bits per heavy atom. The molecule has 1 aliphatic rings. The monoisotopic (exact) mass is 485 g/mol. The summed E-state index contributed by atoms with van der Waals surface area (Å²) >= 11 is 1.47. The molecule has 0 radical (unpaired) electrons. The van der Waals surface area contributed by atoms with Crippen LogP contribution >= 0.6 is 11.3 Å². The molecule has 0 spiro atoms. The maximum atomic E-state index is 13.1. The number of hydrogen-bond donors (Lipinski definition) is 2. The Morgan fingerprint density at radius 2 is 1.97 bits per heavy atom. The molecule has 184 valence electrons. The van der Waals surface area contributed by atoms with Crippen LogP contribution in [0, 0.1) is 19.8 Å². The average molecular weight is 486 g/mol. The molecule has 2 aromatic rings. The minimum Gasteiger partial charge on any atom is -0.462 e. The molecular formula is C26H35N3O4S. The lowest BCUT2D eigenvalue weighted by Gasteiger charge is -2.23. The number of benzene rings is 1. The Hall–Kier alpha value is -2.71.